The van der Waals surface area contributed by atoms with Crippen molar-refractivity contribution < 1.29 is 4.79 Å². The largest absolute Gasteiger partial charge is 0.371 e. The van der Waals surface area contributed by atoms with Crippen molar-refractivity contribution in [3.8, 4) is 0 Å². The van der Waals surface area contributed by atoms with E-state index in [4.69, 9.17) is 11.6 Å². The van der Waals surface area contributed by atoms with Crippen molar-refractivity contribution in [1.82, 2.24) is 4.98 Å². The van der Waals surface area contributed by atoms with Gasteiger partial charge in [-0.2, -0.15) is 0 Å². The SMILES string of the molecule is CC(Cl)C(=O)Nc1nc2ccc(N3CCCC3)cc2s1. The van der Waals surface area contributed by atoms with E-state index in [2.05, 4.69) is 27.3 Å². The van der Waals surface area contributed by atoms with Gasteiger partial charge in [0.15, 0.2) is 5.13 Å². The van der Waals surface area contributed by atoms with Crippen molar-refractivity contribution >= 4 is 49.9 Å². The fraction of sp³-hybridized carbons (Fsp3) is 0.429. The van der Waals surface area contributed by atoms with E-state index in [0.29, 0.717) is 5.13 Å². The van der Waals surface area contributed by atoms with Gasteiger partial charge in [0.1, 0.15) is 5.38 Å². The van der Waals surface area contributed by atoms with E-state index < -0.39 is 5.38 Å². The monoisotopic (exact) mass is 309 g/mol. The molecule has 1 aromatic carbocycles. The second-order valence-electron chi connectivity index (χ2n) is 4.97. The first-order valence-electron chi connectivity index (χ1n) is 6.74. The molecule has 2 heterocycles. The highest BCUT2D eigenvalue weighted by molar-refractivity contribution is 7.22. The van der Waals surface area contributed by atoms with Crippen LogP contribution in [0.1, 0.15) is 19.8 Å². The molecule has 1 atom stereocenters. The van der Waals surface area contributed by atoms with E-state index in [-0.39, 0.29) is 5.91 Å². The molecule has 6 heteroatoms. The summed E-state index contributed by atoms with van der Waals surface area (Å²) in [5, 5.41) is 2.80. The number of amides is 1. The molecule has 1 aliphatic rings. The normalized spacial score (nSPS) is 16.6. The number of hydrogen-bond acceptors (Lipinski definition) is 4. The van der Waals surface area contributed by atoms with Gasteiger partial charge in [0, 0.05) is 18.8 Å². The van der Waals surface area contributed by atoms with Gasteiger partial charge in [-0.05, 0) is 38.0 Å². The van der Waals surface area contributed by atoms with Gasteiger partial charge < -0.3 is 10.2 Å². The standard InChI is InChI=1S/C14H16ClN3OS/c1-9(15)13(19)17-14-16-11-5-4-10(8-12(11)20-14)18-6-2-3-7-18/h4-5,8-9H,2-3,6-7H2,1H3,(H,16,17,19). The van der Waals surface area contributed by atoms with Crippen LogP contribution in [-0.2, 0) is 4.79 Å². The van der Waals surface area contributed by atoms with Crippen molar-refractivity contribution in [1.29, 1.82) is 0 Å². The van der Waals surface area contributed by atoms with Crippen LogP contribution in [0.25, 0.3) is 10.2 Å². The third-order valence-corrected chi connectivity index (χ3v) is 4.57. The number of hydrogen-bond donors (Lipinski definition) is 1. The van der Waals surface area contributed by atoms with Gasteiger partial charge in [-0.25, -0.2) is 4.98 Å². The molecule has 0 saturated carbocycles. The maximum atomic E-state index is 11.6. The molecule has 20 heavy (non-hydrogen) atoms. The summed E-state index contributed by atoms with van der Waals surface area (Å²) in [6.07, 6.45) is 2.52. The second kappa shape index (κ2) is 5.58. The average molecular weight is 310 g/mol. The lowest BCUT2D eigenvalue weighted by atomic mass is 10.3. The maximum Gasteiger partial charge on any atom is 0.243 e. The summed E-state index contributed by atoms with van der Waals surface area (Å²) >= 11 is 7.23. The number of fused-ring (bicyclic) bond motifs is 1. The number of aromatic nitrogens is 1. The molecular weight excluding hydrogens is 294 g/mol. The predicted molar refractivity (Wildman–Crippen MR) is 85.0 cm³/mol. The number of halogens is 1. The Hall–Kier alpha value is -1.33. The summed E-state index contributed by atoms with van der Waals surface area (Å²) in [4.78, 5) is 18.4. The Bertz CT molecular complexity index is 634. The summed E-state index contributed by atoms with van der Waals surface area (Å²) in [7, 11) is 0. The average Bonchev–Trinajstić information content (AvgIpc) is 3.06. The molecule has 3 rings (SSSR count). The van der Waals surface area contributed by atoms with E-state index in [0.717, 1.165) is 23.3 Å². The molecule has 106 valence electrons. The molecule has 0 spiro atoms. The van der Waals surface area contributed by atoms with E-state index in [9.17, 15) is 4.79 Å². The van der Waals surface area contributed by atoms with Crippen LogP contribution in [0.3, 0.4) is 0 Å². The first-order chi connectivity index (χ1) is 9.63. The lowest BCUT2D eigenvalue weighted by molar-refractivity contribution is -0.115. The van der Waals surface area contributed by atoms with Crippen LogP contribution < -0.4 is 10.2 Å². The Balaban J connectivity index is 1.85. The molecular formula is C14H16ClN3OS. The minimum Gasteiger partial charge on any atom is -0.371 e. The van der Waals surface area contributed by atoms with Crippen molar-refractivity contribution in [2.75, 3.05) is 23.3 Å². The fourth-order valence-corrected chi connectivity index (χ4v) is 3.30. The molecule has 0 radical (unpaired) electrons. The molecule has 1 N–H and O–H groups in total. The Morgan fingerprint density at radius 1 is 1.45 bits per heavy atom. The fourth-order valence-electron chi connectivity index (χ4n) is 2.34. The van der Waals surface area contributed by atoms with Gasteiger partial charge in [0.2, 0.25) is 5.91 Å². The Labute approximate surface area is 126 Å². The molecule has 1 amide bonds. The number of anilines is 2. The third-order valence-electron chi connectivity index (χ3n) is 3.43. The van der Waals surface area contributed by atoms with Crippen LogP contribution in [0.4, 0.5) is 10.8 Å². The van der Waals surface area contributed by atoms with Crippen LogP contribution in [-0.4, -0.2) is 29.4 Å². The zero-order valence-electron chi connectivity index (χ0n) is 11.2. The molecule has 1 fully saturated rings. The molecule has 1 unspecified atom stereocenters. The molecule has 1 aromatic heterocycles. The highest BCUT2D eigenvalue weighted by Gasteiger charge is 2.15. The van der Waals surface area contributed by atoms with Gasteiger partial charge >= 0.3 is 0 Å². The summed E-state index contributed by atoms with van der Waals surface area (Å²) in [5.41, 5.74) is 2.15. The lowest BCUT2D eigenvalue weighted by Gasteiger charge is -2.16. The highest BCUT2D eigenvalue weighted by atomic mass is 35.5. The number of benzene rings is 1. The molecule has 4 nitrogen and oxygen atoms in total. The molecule has 2 aromatic rings. The Kier molecular flexibility index (Phi) is 3.81. The minimum absolute atomic E-state index is 0.217. The number of nitrogens with one attached hydrogen (secondary N) is 1. The van der Waals surface area contributed by atoms with Crippen LogP contribution in [0, 0.1) is 0 Å². The van der Waals surface area contributed by atoms with Gasteiger partial charge in [-0.15, -0.1) is 11.6 Å². The summed E-state index contributed by atoms with van der Waals surface area (Å²) in [5.74, 6) is -0.217. The van der Waals surface area contributed by atoms with E-state index >= 15 is 0 Å². The molecule has 1 aliphatic heterocycles. The smallest absolute Gasteiger partial charge is 0.243 e. The topological polar surface area (TPSA) is 45.2 Å². The molecule has 1 saturated heterocycles. The summed E-state index contributed by atoms with van der Waals surface area (Å²) in [6, 6.07) is 6.26. The van der Waals surface area contributed by atoms with Crippen LogP contribution in [0.2, 0.25) is 0 Å². The Morgan fingerprint density at radius 3 is 2.90 bits per heavy atom. The first kappa shape index (κ1) is 13.6. The highest BCUT2D eigenvalue weighted by Crippen LogP contribution is 2.31. The molecule has 0 bridgehead atoms. The van der Waals surface area contributed by atoms with Gasteiger partial charge in [0.25, 0.3) is 0 Å². The Morgan fingerprint density at radius 2 is 2.20 bits per heavy atom. The summed E-state index contributed by atoms with van der Waals surface area (Å²) < 4.78 is 1.09. The number of rotatable bonds is 3. The predicted octanol–water partition coefficient (Wildman–Crippen LogP) is 3.46. The number of carbonyl (C=O) groups excluding carboxylic acids is 1. The van der Waals surface area contributed by atoms with Crippen molar-refractivity contribution in [3.63, 3.8) is 0 Å². The number of carbonyl (C=O) groups is 1. The van der Waals surface area contributed by atoms with Crippen molar-refractivity contribution in [2.24, 2.45) is 0 Å². The lowest BCUT2D eigenvalue weighted by Crippen LogP contribution is -2.19. The molecule has 0 aliphatic carbocycles. The van der Waals surface area contributed by atoms with Crippen molar-refractivity contribution in [3.05, 3.63) is 18.2 Å². The number of nitrogens with zero attached hydrogens (tertiary/aromatic N) is 2. The van der Waals surface area contributed by atoms with E-state index in [1.165, 1.54) is 29.9 Å². The second-order valence-corrected chi connectivity index (χ2v) is 6.66. The van der Waals surface area contributed by atoms with E-state index in [1.54, 1.807) is 6.92 Å². The van der Waals surface area contributed by atoms with Gasteiger partial charge in [-0.1, -0.05) is 11.3 Å². The van der Waals surface area contributed by atoms with Crippen molar-refractivity contribution in [2.45, 2.75) is 25.1 Å². The zero-order chi connectivity index (χ0) is 14.1. The maximum absolute atomic E-state index is 11.6. The van der Waals surface area contributed by atoms with E-state index in [1.807, 2.05) is 6.07 Å². The van der Waals surface area contributed by atoms with Gasteiger partial charge in [0.05, 0.1) is 10.2 Å². The van der Waals surface area contributed by atoms with Gasteiger partial charge in [-0.3, -0.25) is 4.79 Å². The first-order valence-corrected chi connectivity index (χ1v) is 7.99. The van der Waals surface area contributed by atoms with Crippen LogP contribution in [0.5, 0.6) is 0 Å². The number of thiazole rings is 1. The van der Waals surface area contributed by atoms with Crippen LogP contribution in [0.15, 0.2) is 18.2 Å². The van der Waals surface area contributed by atoms with Crippen LogP contribution >= 0.6 is 22.9 Å². The number of alkyl halides is 1. The summed E-state index contributed by atoms with van der Waals surface area (Å²) in [6.45, 7) is 3.89. The quantitative estimate of drug-likeness (QED) is 0.883. The third kappa shape index (κ3) is 2.74. The minimum atomic E-state index is -0.554. The zero-order valence-corrected chi connectivity index (χ0v) is 12.8.